The van der Waals surface area contributed by atoms with Crippen LogP contribution in [0.5, 0.6) is 0 Å². The molecule has 1 saturated heterocycles. The number of guanidine groups is 1. The van der Waals surface area contributed by atoms with Gasteiger partial charge in [-0.15, -0.1) is 16.3 Å². The van der Waals surface area contributed by atoms with Crippen LogP contribution < -0.4 is 16.6 Å². The first-order valence-electron chi connectivity index (χ1n) is 11.1. The largest absolute Gasteiger partial charge is 0.451 e. The lowest BCUT2D eigenvalue weighted by Gasteiger charge is -2.43. The molecule has 1 saturated carbocycles. The number of aliphatic imine (C=N–C) groups is 1. The molecule has 4 rings (SSSR count). The topological polar surface area (TPSA) is 107 Å². The SMILES string of the molecule is COCCn1c(=O)n(C2CC(C)(C)C2)c(=O)c2c(C)c(CN3CCN/C3=N\C(=O)OC)sc21. The highest BCUT2D eigenvalue weighted by Gasteiger charge is 2.39. The molecule has 0 radical (unpaired) electrons. The summed E-state index contributed by atoms with van der Waals surface area (Å²) in [4.78, 5) is 46.1. The number of carbonyl (C=O) groups is 1. The normalized spacial score (nSPS) is 19.2. The smallest absolute Gasteiger partial charge is 0.436 e. The van der Waals surface area contributed by atoms with Gasteiger partial charge in [0, 0.05) is 31.1 Å². The van der Waals surface area contributed by atoms with E-state index in [1.807, 2.05) is 11.8 Å². The van der Waals surface area contributed by atoms with E-state index in [-0.39, 0.29) is 22.7 Å². The van der Waals surface area contributed by atoms with Gasteiger partial charge in [0.2, 0.25) is 5.96 Å². The Hall–Kier alpha value is -2.66. The summed E-state index contributed by atoms with van der Waals surface area (Å²) in [6, 6.07) is -0.0810. The molecule has 0 aromatic carbocycles. The molecule has 1 N–H and O–H groups in total. The van der Waals surface area contributed by atoms with E-state index in [4.69, 9.17) is 4.74 Å². The number of thiophene rings is 1. The minimum Gasteiger partial charge on any atom is -0.451 e. The van der Waals surface area contributed by atoms with Crippen LogP contribution in [0.3, 0.4) is 0 Å². The van der Waals surface area contributed by atoms with E-state index in [2.05, 4.69) is 28.9 Å². The Morgan fingerprint density at radius 2 is 2.00 bits per heavy atom. The molecular formula is C22H31N5O5S. The number of carbonyl (C=O) groups excluding carboxylic acids is 1. The van der Waals surface area contributed by atoms with Crippen molar-refractivity contribution in [2.24, 2.45) is 10.4 Å². The van der Waals surface area contributed by atoms with Gasteiger partial charge < -0.3 is 19.7 Å². The lowest BCUT2D eigenvalue weighted by molar-refractivity contribution is 0.0967. The van der Waals surface area contributed by atoms with Gasteiger partial charge in [-0.1, -0.05) is 13.8 Å². The molecule has 33 heavy (non-hydrogen) atoms. The minimum absolute atomic E-state index is 0.0810. The number of rotatable bonds is 6. The fourth-order valence-electron chi connectivity index (χ4n) is 4.75. The summed E-state index contributed by atoms with van der Waals surface area (Å²) >= 11 is 1.44. The molecule has 1 aliphatic heterocycles. The van der Waals surface area contributed by atoms with Crippen molar-refractivity contribution < 1.29 is 14.3 Å². The average Bonchev–Trinajstić information content (AvgIpc) is 3.31. The first-order valence-corrected chi connectivity index (χ1v) is 11.9. The van der Waals surface area contributed by atoms with Gasteiger partial charge in [-0.25, -0.2) is 9.59 Å². The van der Waals surface area contributed by atoms with Crippen molar-refractivity contribution in [3.05, 3.63) is 31.3 Å². The second-order valence-electron chi connectivity index (χ2n) is 9.41. The third kappa shape index (κ3) is 4.31. The number of nitrogens with zero attached hydrogens (tertiary/aromatic N) is 4. The second kappa shape index (κ2) is 8.94. The van der Waals surface area contributed by atoms with Gasteiger partial charge in [0.1, 0.15) is 4.83 Å². The number of methoxy groups -OCH3 is 2. The zero-order chi connectivity index (χ0) is 23.9. The molecular weight excluding hydrogens is 446 g/mol. The molecule has 11 heteroatoms. The molecule has 1 amide bonds. The van der Waals surface area contributed by atoms with Crippen LogP contribution in [0.15, 0.2) is 14.6 Å². The third-order valence-electron chi connectivity index (χ3n) is 6.47. The van der Waals surface area contributed by atoms with Gasteiger partial charge in [-0.3, -0.25) is 13.9 Å². The molecule has 10 nitrogen and oxygen atoms in total. The Kier molecular flexibility index (Phi) is 6.37. The summed E-state index contributed by atoms with van der Waals surface area (Å²) in [5.41, 5.74) is 0.513. The summed E-state index contributed by atoms with van der Waals surface area (Å²) in [5, 5.41) is 3.69. The number of nitrogens with one attached hydrogen (secondary N) is 1. The van der Waals surface area contributed by atoms with Crippen molar-refractivity contribution in [2.45, 2.75) is 52.7 Å². The van der Waals surface area contributed by atoms with E-state index in [0.29, 0.717) is 49.0 Å². The van der Waals surface area contributed by atoms with Crippen LogP contribution in [-0.2, 0) is 22.6 Å². The Balaban J connectivity index is 1.79. The van der Waals surface area contributed by atoms with E-state index < -0.39 is 6.09 Å². The molecule has 2 fully saturated rings. The van der Waals surface area contributed by atoms with Gasteiger partial charge in [-0.05, 0) is 30.7 Å². The van der Waals surface area contributed by atoms with Crippen molar-refractivity contribution in [3.63, 3.8) is 0 Å². The van der Waals surface area contributed by atoms with Crippen LogP contribution in [-0.4, -0.2) is 60.0 Å². The molecule has 3 heterocycles. The van der Waals surface area contributed by atoms with Crippen molar-refractivity contribution in [1.29, 1.82) is 0 Å². The van der Waals surface area contributed by atoms with E-state index in [1.54, 1.807) is 11.7 Å². The number of fused-ring (bicyclic) bond motifs is 1. The number of aryl methyl sites for hydroxylation is 1. The van der Waals surface area contributed by atoms with Crippen molar-refractivity contribution in [3.8, 4) is 0 Å². The van der Waals surface area contributed by atoms with Gasteiger partial charge in [0.15, 0.2) is 0 Å². The summed E-state index contributed by atoms with van der Waals surface area (Å²) in [7, 11) is 2.88. The molecule has 2 aliphatic rings. The molecule has 2 aromatic rings. The van der Waals surface area contributed by atoms with Gasteiger partial charge >= 0.3 is 11.8 Å². The van der Waals surface area contributed by atoms with Crippen LogP contribution in [0.4, 0.5) is 4.79 Å². The van der Waals surface area contributed by atoms with Crippen molar-refractivity contribution in [2.75, 3.05) is 33.9 Å². The maximum absolute atomic E-state index is 13.6. The zero-order valence-corrected chi connectivity index (χ0v) is 20.6. The minimum atomic E-state index is -0.669. The number of aromatic nitrogens is 2. The average molecular weight is 478 g/mol. The Labute approximate surface area is 195 Å². The van der Waals surface area contributed by atoms with Crippen molar-refractivity contribution in [1.82, 2.24) is 19.4 Å². The van der Waals surface area contributed by atoms with E-state index in [9.17, 15) is 14.4 Å². The monoisotopic (exact) mass is 477 g/mol. The Bertz CT molecular complexity index is 1220. The highest BCUT2D eigenvalue weighted by Crippen LogP contribution is 2.46. The number of amides is 1. The van der Waals surface area contributed by atoms with Crippen molar-refractivity contribution >= 4 is 33.6 Å². The van der Waals surface area contributed by atoms with E-state index in [0.717, 1.165) is 23.3 Å². The fourth-order valence-corrected chi connectivity index (χ4v) is 6.08. The van der Waals surface area contributed by atoms with Crippen LogP contribution in [0.2, 0.25) is 0 Å². The first kappa shape index (κ1) is 23.5. The van der Waals surface area contributed by atoms with Gasteiger partial charge in [-0.2, -0.15) is 0 Å². The van der Waals surface area contributed by atoms with Gasteiger partial charge in [0.05, 0.1) is 32.2 Å². The number of hydrogen-bond donors (Lipinski definition) is 1. The molecule has 180 valence electrons. The molecule has 1 aliphatic carbocycles. The lowest BCUT2D eigenvalue weighted by Crippen LogP contribution is -2.48. The van der Waals surface area contributed by atoms with Crippen LogP contribution in [0.25, 0.3) is 10.2 Å². The fraction of sp³-hybridized carbons (Fsp3) is 0.636. The molecule has 0 spiro atoms. The maximum Gasteiger partial charge on any atom is 0.436 e. The number of ether oxygens (including phenoxy) is 2. The summed E-state index contributed by atoms with van der Waals surface area (Å²) < 4.78 is 13.0. The summed E-state index contributed by atoms with van der Waals surface area (Å²) in [5.74, 6) is 0.449. The lowest BCUT2D eigenvalue weighted by atomic mass is 9.68. The second-order valence-corrected chi connectivity index (χ2v) is 10.5. The summed E-state index contributed by atoms with van der Waals surface area (Å²) in [6.45, 7) is 8.79. The maximum atomic E-state index is 13.6. The summed E-state index contributed by atoms with van der Waals surface area (Å²) in [6.07, 6.45) is 0.943. The molecule has 2 aromatic heterocycles. The van der Waals surface area contributed by atoms with Crippen LogP contribution >= 0.6 is 11.3 Å². The van der Waals surface area contributed by atoms with Gasteiger partial charge in [0.25, 0.3) is 5.56 Å². The number of hydrogen-bond acceptors (Lipinski definition) is 6. The zero-order valence-electron chi connectivity index (χ0n) is 19.8. The molecule has 0 bridgehead atoms. The van der Waals surface area contributed by atoms with Crippen LogP contribution in [0.1, 0.15) is 43.2 Å². The predicted molar refractivity (Wildman–Crippen MR) is 127 cm³/mol. The quantitative estimate of drug-likeness (QED) is 0.679. The molecule has 0 unspecified atom stereocenters. The standard InChI is InChI=1S/C22H31N5O5S/c1-13-15(12-25-7-6-23-19(25)24-20(29)32-5)33-18-16(13)17(28)27(14-10-22(2,3)11-14)21(30)26(18)8-9-31-4/h14H,6-12H2,1-5H3,(H,23,24,29). The predicted octanol–water partition coefficient (Wildman–Crippen LogP) is 2.07. The first-order chi connectivity index (χ1) is 15.7. The highest BCUT2D eigenvalue weighted by molar-refractivity contribution is 7.18. The highest BCUT2D eigenvalue weighted by atomic mass is 32.1. The van der Waals surface area contributed by atoms with E-state index >= 15 is 0 Å². The molecule has 0 atom stereocenters. The van der Waals surface area contributed by atoms with E-state index in [1.165, 1.54) is 23.0 Å². The Morgan fingerprint density at radius 3 is 2.64 bits per heavy atom. The van der Waals surface area contributed by atoms with Crippen LogP contribution in [0, 0.1) is 12.3 Å². The Morgan fingerprint density at radius 1 is 1.27 bits per heavy atom. The third-order valence-corrected chi connectivity index (χ3v) is 7.77.